The second-order valence-corrected chi connectivity index (χ2v) is 9.01. The highest BCUT2D eigenvalue weighted by Crippen LogP contribution is 2.36. The summed E-state index contributed by atoms with van der Waals surface area (Å²) in [5, 5.41) is 6.21. The number of carbonyl (C=O) groups excluding carboxylic acids is 1. The molecule has 1 unspecified atom stereocenters. The van der Waals surface area contributed by atoms with E-state index in [1.54, 1.807) is 11.7 Å². The first-order valence-corrected chi connectivity index (χ1v) is 12.4. The van der Waals surface area contributed by atoms with Gasteiger partial charge in [-0.05, 0) is 44.4 Å². The van der Waals surface area contributed by atoms with Crippen molar-refractivity contribution in [3.8, 4) is 0 Å². The number of likely N-dealkylation sites (N-methyl/N-ethyl adjacent to an activating group) is 2. The minimum Gasteiger partial charge on any atom is -0.390 e. The van der Waals surface area contributed by atoms with Gasteiger partial charge in [-0.15, -0.1) is 0 Å². The van der Waals surface area contributed by atoms with Crippen molar-refractivity contribution in [2.75, 3.05) is 54.1 Å². The molecule has 1 saturated carbocycles. The summed E-state index contributed by atoms with van der Waals surface area (Å²) in [6, 6.07) is 0.594. The fraction of sp³-hybridized carbons (Fsp3) is 0.720. The van der Waals surface area contributed by atoms with Crippen molar-refractivity contribution in [2.24, 2.45) is 0 Å². The van der Waals surface area contributed by atoms with Gasteiger partial charge in [0, 0.05) is 70.6 Å². The van der Waals surface area contributed by atoms with Crippen molar-refractivity contribution in [1.82, 2.24) is 20.1 Å². The number of rotatable bonds is 12. The van der Waals surface area contributed by atoms with Crippen LogP contribution < -0.4 is 10.6 Å². The number of aldehydes is 1. The van der Waals surface area contributed by atoms with E-state index in [0.29, 0.717) is 69.4 Å². The van der Waals surface area contributed by atoms with Crippen LogP contribution in [0.4, 0.5) is 13.2 Å². The molecule has 0 aromatic carbocycles. The molecule has 2 aliphatic rings. The van der Waals surface area contributed by atoms with Crippen LogP contribution in [0.25, 0.3) is 6.08 Å². The molecular formula is C25H41F3N4O3. The summed E-state index contributed by atoms with van der Waals surface area (Å²) in [6.07, 6.45) is 3.58. The normalized spacial score (nSPS) is 18.9. The molecular weight excluding hydrogens is 461 g/mol. The predicted molar refractivity (Wildman–Crippen MR) is 131 cm³/mol. The van der Waals surface area contributed by atoms with Crippen molar-refractivity contribution >= 4 is 12.4 Å². The number of aromatic nitrogens is 1. The Kier molecular flexibility index (Phi) is 12.3. The van der Waals surface area contributed by atoms with E-state index in [9.17, 15) is 18.0 Å². The van der Waals surface area contributed by atoms with Gasteiger partial charge in [-0.3, -0.25) is 4.90 Å². The van der Waals surface area contributed by atoms with E-state index < -0.39 is 11.7 Å². The number of hydrogen-bond donors (Lipinski definition) is 2. The van der Waals surface area contributed by atoms with Crippen LogP contribution in [0.5, 0.6) is 0 Å². The molecule has 7 nitrogen and oxygen atoms in total. The molecule has 1 aliphatic carbocycles. The molecule has 200 valence electrons. The first-order chi connectivity index (χ1) is 16.7. The molecule has 0 spiro atoms. The third-order valence-electron chi connectivity index (χ3n) is 6.11. The number of ether oxygens (including phenoxy) is 2. The molecule has 2 N–H and O–H groups in total. The molecule has 10 heteroatoms. The lowest BCUT2D eigenvalue weighted by Gasteiger charge is -2.19. The molecule has 1 aromatic rings. The topological polar surface area (TPSA) is 67.8 Å². The summed E-state index contributed by atoms with van der Waals surface area (Å²) in [4.78, 5) is 12.2. The molecule has 1 aliphatic heterocycles. The summed E-state index contributed by atoms with van der Waals surface area (Å²) in [5.41, 5.74) is 1.47. The van der Waals surface area contributed by atoms with Crippen LogP contribution in [-0.2, 0) is 33.4 Å². The molecule has 1 aromatic heterocycles. The predicted octanol–water partition coefficient (Wildman–Crippen LogP) is 3.32. The van der Waals surface area contributed by atoms with Gasteiger partial charge in [-0.25, -0.2) is 0 Å². The van der Waals surface area contributed by atoms with Crippen LogP contribution >= 0.6 is 0 Å². The number of alkyl halides is 3. The van der Waals surface area contributed by atoms with E-state index in [0.717, 1.165) is 18.5 Å². The molecule has 0 amide bonds. The Morgan fingerprint density at radius 3 is 2.63 bits per heavy atom. The lowest BCUT2D eigenvalue weighted by molar-refractivity contribution is -0.138. The third-order valence-corrected chi connectivity index (χ3v) is 6.11. The van der Waals surface area contributed by atoms with Gasteiger partial charge in [0.15, 0.2) is 0 Å². The Hall–Kier alpha value is -1.88. The van der Waals surface area contributed by atoms with Crippen molar-refractivity contribution in [2.45, 2.75) is 63.9 Å². The van der Waals surface area contributed by atoms with Gasteiger partial charge in [0.25, 0.3) is 0 Å². The number of methoxy groups -OCH3 is 1. The van der Waals surface area contributed by atoms with E-state index in [1.165, 1.54) is 19.0 Å². The van der Waals surface area contributed by atoms with E-state index in [2.05, 4.69) is 22.6 Å². The van der Waals surface area contributed by atoms with Crippen molar-refractivity contribution in [1.29, 1.82) is 0 Å². The highest BCUT2D eigenvalue weighted by molar-refractivity contribution is 5.57. The number of aryl methyl sites for hydroxylation is 1. The monoisotopic (exact) mass is 502 g/mol. The highest BCUT2D eigenvalue weighted by Gasteiger charge is 2.36. The van der Waals surface area contributed by atoms with Crippen LogP contribution in [-0.4, -0.2) is 82.0 Å². The van der Waals surface area contributed by atoms with E-state index >= 15 is 0 Å². The van der Waals surface area contributed by atoms with Gasteiger partial charge >= 0.3 is 6.18 Å². The van der Waals surface area contributed by atoms with Crippen LogP contribution in [0.15, 0.2) is 11.9 Å². The van der Waals surface area contributed by atoms with Crippen LogP contribution in [0.1, 0.15) is 49.4 Å². The summed E-state index contributed by atoms with van der Waals surface area (Å²) in [6.45, 7) is 5.83. The molecule has 0 bridgehead atoms. The van der Waals surface area contributed by atoms with E-state index in [4.69, 9.17) is 9.47 Å². The zero-order valence-corrected chi connectivity index (χ0v) is 21.4. The second kappa shape index (κ2) is 14.6. The Morgan fingerprint density at radius 1 is 1.40 bits per heavy atom. The maximum Gasteiger partial charge on any atom is 0.418 e. The number of morpholine rings is 1. The van der Waals surface area contributed by atoms with Gasteiger partial charge < -0.3 is 29.5 Å². The fourth-order valence-corrected chi connectivity index (χ4v) is 4.05. The average Bonchev–Trinajstić information content (AvgIpc) is 3.64. The van der Waals surface area contributed by atoms with Crippen molar-refractivity contribution in [3.63, 3.8) is 0 Å². The van der Waals surface area contributed by atoms with Gasteiger partial charge in [0.05, 0.1) is 12.2 Å². The van der Waals surface area contributed by atoms with Gasteiger partial charge in [0.2, 0.25) is 0 Å². The second-order valence-electron chi connectivity index (χ2n) is 9.01. The van der Waals surface area contributed by atoms with Gasteiger partial charge in [-0.2, -0.15) is 13.2 Å². The van der Waals surface area contributed by atoms with E-state index in [-0.39, 0.29) is 6.10 Å². The minimum atomic E-state index is -4.34. The van der Waals surface area contributed by atoms with Crippen LogP contribution in [0.3, 0.4) is 0 Å². The van der Waals surface area contributed by atoms with Crippen molar-refractivity contribution in [3.05, 3.63) is 28.7 Å². The molecule has 2 fully saturated rings. The minimum absolute atomic E-state index is 0.205. The summed E-state index contributed by atoms with van der Waals surface area (Å²) in [5.74, 6) is 0. The standard InChI is InChI=1S/C20H32F3N3O.C5H9NO2/c1-5-7-17-18(20(21,22)23)14-26(10-6-11-27-4)19(17)12-15(24-2)13-25(3)16-8-9-16;7-4-5-3-6-1-2-8-5/h12,14,16,24H,5-11,13H2,1-4H3;4-6H,1-3H2/b15-12-;. The van der Waals surface area contributed by atoms with E-state index in [1.807, 2.05) is 20.0 Å². The first kappa shape index (κ1) is 29.4. The average molecular weight is 503 g/mol. The number of nitrogens with zero attached hydrogens (tertiary/aromatic N) is 2. The summed E-state index contributed by atoms with van der Waals surface area (Å²) < 4.78 is 52.7. The number of hydrogen-bond acceptors (Lipinski definition) is 6. The smallest absolute Gasteiger partial charge is 0.390 e. The zero-order valence-electron chi connectivity index (χ0n) is 21.4. The Balaban J connectivity index is 0.000000456. The largest absolute Gasteiger partial charge is 0.418 e. The maximum absolute atomic E-state index is 13.6. The van der Waals surface area contributed by atoms with Crippen LogP contribution in [0.2, 0.25) is 0 Å². The number of halogens is 3. The molecule has 35 heavy (non-hydrogen) atoms. The number of nitrogens with one attached hydrogen (secondary N) is 2. The molecule has 3 rings (SSSR count). The quantitative estimate of drug-likeness (QED) is 0.338. The highest BCUT2D eigenvalue weighted by atomic mass is 19.4. The zero-order chi connectivity index (χ0) is 25.8. The summed E-state index contributed by atoms with van der Waals surface area (Å²) >= 11 is 0. The SMILES string of the molecule is CCCc1c(C(F)(F)F)cn(CCCOC)c1/C=C(/CN(C)C1CC1)NC.O=CC1CNCCO1. The fourth-order valence-electron chi connectivity index (χ4n) is 4.05. The lowest BCUT2D eigenvalue weighted by atomic mass is 10.0. The Morgan fingerprint density at radius 2 is 2.14 bits per heavy atom. The number of carbonyl (C=O) groups is 1. The van der Waals surface area contributed by atoms with Gasteiger partial charge in [-0.1, -0.05) is 13.3 Å². The molecule has 1 atom stereocenters. The third kappa shape index (κ3) is 9.59. The Bertz CT molecular complexity index is 801. The maximum atomic E-state index is 13.6. The summed E-state index contributed by atoms with van der Waals surface area (Å²) in [7, 11) is 5.50. The lowest BCUT2D eigenvalue weighted by Crippen LogP contribution is -2.39. The molecule has 2 heterocycles. The molecule has 0 radical (unpaired) electrons. The van der Waals surface area contributed by atoms with Gasteiger partial charge in [0.1, 0.15) is 12.4 Å². The Labute approximate surface area is 207 Å². The van der Waals surface area contributed by atoms with Crippen molar-refractivity contribution < 1.29 is 27.4 Å². The van der Waals surface area contributed by atoms with Crippen LogP contribution in [0, 0.1) is 0 Å². The first-order valence-electron chi connectivity index (χ1n) is 12.4. The molecule has 1 saturated heterocycles.